The Kier molecular flexibility index (Phi) is 4.61. The van der Waals surface area contributed by atoms with Crippen molar-refractivity contribution >= 4 is 17.4 Å². The maximum absolute atomic E-state index is 12.3. The van der Waals surface area contributed by atoms with Gasteiger partial charge in [-0.2, -0.15) is 0 Å². The first-order valence-electron chi connectivity index (χ1n) is 7.67. The third-order valence-corrected chi connectivity index (χ3v) is 3.49. The molecular weight excluding hydrogens is 294 g/mol. The van der Waals surface area contributed by atoms with Gasteiger partial charge in [0.1, 0.15) is 5.82 Å². The second kappa shape index (κ2) is 7.00. The van der Waals surface area contributed by atoms with Gasteiger partial charge in [0, 0.05) is 12.1 Å². The maximum Gasteiger partial charge on any atom is 0.255 e. The highest BCUT2D eigenvalue weighted by Crippen LogP contribution is 2.32. The lowest BCUT2D eigenvalue weighted by molar-refractivity contribution is 0.102. The van der Waals surface area contributed by atoms with Crippen molar-refractivity contribution in [2.24, 2.45) is 0 Å². The van der Waals surface area contributed by atoms with Crippen LogP contribution in [0, 0.1) is 0 Å². The van der Waals surface area contributed by atoms with Gasteiger partial charge >= 0.3 is 0 Å². The van der Waals surface area contributed by atoms with E-state index in [2.05, 4.69) is 22.5 Å². The SMILES string of the molecule is CCCCNc1ccc(NC(=O)c2ccc3c(c2)OCO3)cn1. The molecule has 1 aromatic carbocycles. The van der Waals surface area contributed by atoms with Gasteiger partial charge in [0.05, 0.1) is 11.9 Å². The molecule has 1 amide bonds. The van der Waals surface area contributed by atoms with Gasteiger partial charge in [0.15, 0.2) is 11.5 Å². The zero-order valence-electron chi connectivity index (χ0n) is 13.0. The summed E-state index contributed by atoms with van der Waals surface area (Å²) in [6, 6.07) is 8.79. The number of amides is 1. The standard InChI is InChI=1S/C17H19N3O3/c1-2-3-8-18-16-7-5-13(10-19-16)20-17(21)12-4-6-14-15(9-12)23-11-22-14/h4-7,9-10H,2-3,8,11H2,1H3,(H,18,19)(H,20,21). The summed E-state index contributed by atoms with van der Waals surface area (Å²) in [6.45, 7) is 3.23. The van der Waals surface area contributed by atoms with E-state index in [9.17, 15) is 4.79 Å². The molecule has 120 valence electrons. The number of rotatable bonds is 6. The highest BCUT2D eigenvalue weighted by molar-refractivity contribution is 6.04. The van der Waals surface area contributed by atoms with Crippen molar-refractivity contribution in [1.29, 1.82) is 0 Å². The predicted octanol–water partition coefficient (Wildman–Crippen LogP) is 3.27. The van der Waals surface area contributed by atoms with E-state index in [0.29, 0.717) is 22.7 Å². The Bertz CT molecular complexity index is 686. The van der Waals surface area contributed by atoms with E-state index in [0.717, 1.165) is 25.2 Å². The highest BCUT2D eigenvalue weighted by atomic mass is 16.7. The molecule has 2 heterocycles. The van der Waals surface area contributed by atoms with Crippen LogP contribution in [0.15, 0.2) is 36.5 Å². The first kappa shape index (κ1) is 15.1. The Labute approximate surface area is 134 Å². The minimum Gasteiger partial charge on any atom is -0.454 e. The topological polar surface area (TPSA) is 72.5 Å². The van der Waals surface area contributed by atoms with Crippen molar-refractivity contribution in [3.8, 4) is 11.5 Å². The lowest BCUT2D eigenvalue weighted by Crippen LogP contribution is -2.12. The third kappa shape index (κ3) is 3.71. The van der Waals surface area contributed by atoms with E-state index < -0.39 is 0 Å². The molecule has 3 rings (SSSR count). The molecule has 1 aliphatic heterocycles. The highest BCUT2D eigenvalue weighted by Gasteiger charge is 2.16. The average molecular weight is 313 g/mol. The number of fused-ring (bicyclic) bond motifs is 1. The van der Waals surface area contributed by atoms with Crippen LogP contribution in [0.3, 0.4) is 0 Å². The number of nitrogens with zero attached hydrogens (tertiary/aromatic N) is 1. The Morgan fingerprint density at radius 1 is 1.22 bits per heavy atom. The van der Waals surface area contributed by atoms with Crippen LogP contribution in [0.25, 0.3) is 0 Å². The first-order valence-corrected chi connectivity index (χ1v) is 7.67. The van der Waals surface area contributed by atoms with Crippen LogP contribution in [0.1, 0.15) is 30.1 Å². The molecule has 0 radical (unpaired) electrons. The fourth-order valence-electron chi connectivity index (χ4n) is 2.21. The number of pyridine rings is 1. The molecule has 0 fully saturated rings. The van der Waals surface area contributed by atoms with Crippen molar-refractivity contribution in [3.05, 3.63) is 42.1 Å². The van der Waals surface area contributed by atoms with Crippen LogP contribution >= 0.6 is 0 Å². The average Bonchev–Trinajstić information content (AvgIpc) is 3.04. The van der Waals surface area contributed by atoms with Crippen molar-refractivity contribution in [1.82, 2.24) is 4.98 Å². The smallest absolute Gasteiger partial charge is 0.255 e. The Balaban J connectivity index is 1.61. The van der Waals surface area contributed by atoms with Crippen molar-refractivity contribution in [3.63, 3.8) is 0 Å². The van der Waals surface area contributed by atoms with Crippen molar-refractivity contribution < 1.29 is 14.3 Å². The van der Waals surface area contributed by atoms with E-state index in [1.165, 1.54) is 0 Å². The van der Waals surface area contributed by atoms with Crippen LogP contribution in [0.2, 0.25) is 0 Å². The van der Waals surface area contributed by atoms with Crippen LogP contribution in [-0.4, -0.2) is 24.2 Å². The number of hydrogen-bond acceptors (Lipinski definition) is 5. The van der Waals surface area contributed by atoms with Crippen molar-refractivity contribution in [2.75, 3.05) is 24.0 Å². The molecule has 6 heteroatoms. The summed E-state index contributed by atoms with van der Waals surface area (Å²) in [6.07, 6.45) is 3.88. The fraction of sp³-hybridized carbons (Fsp3) is 0.294. The van der Waals surface area contributed by atoms with Gasteiger partial charge in [-0.15, -0.1) is 0 Å². The van der Waals surface area contributed by atoms with Gasteiger partial charge < -0.3 is 20.1 Å². The molecule has 2 N–H and O–H groups in total. The third-order valence-electron chi connectivity index (χ3n) is 3.49. The summed E-state index contributed by atoms with van der Waals surface area (Å²) >= 11 is 0. The maximum atomic E-state index is 12.3. The molecule has 0 saturated heterocycles. The van der Waals surface area contributed by atoms with Gasteiger partial charge in [-0.05, 0) is 36.8 Å². The zero-order valence-corrected chi connectivity index (χ0v) is 13.0. The van der Waals surface area contributed by atoms with E-state index in [1.54, 1.807) is 24.4 Å². The summed E-state index contributed by atoms with van der Waals surface area (Å²) in [7, 11) is 0. The van der Waals surface area contributed by atoms with Crippen LogP contribution in [-0.2, 0) is 0 Å². The van der Waals surface area contributed by atoms with Crippen LogP contribution in [0.5, 0.6) is 11.5 Å². The van der Waals surface area contributed by atoms with Crippen LogP contribution < -0.4 is 20.1 Å². The van der Waals surface area contributed by atoms with E-state index in [4.69, 9.17) is 9.47 Å². The van der Waals surface area contributed by atoms with Gasteiger partial charge in [-0.3, -0.25) is 4.79 Å². The number of carbonyl (C=O) groups excluding carboxylic acids is 1. The predicted molar refractivity (Wildman–Crippen MR) is 88.2 cm³/mol. The number of ether oxygens (including phenoxy) is 2. The number of hydrogen-bond donors (Lipinski definition) is 2. The molecule has 0 bridgehead atoms. The monoisotopic (exact) mass is 313 g/mol. The summed E-state index contributed by atoms with van der Waals surface area (Å²) in [5.41, 5.74) is 1.16. The lowest BCUT2D eigenvalue weighted by atomic mass is 10.2. The fourth-order valence-corrected chi connectivity index (χ4v) is 2.21. The van der Waals surface area contributed by atoms with E-state index in [-0.39, 0.29) is 12.7 Å². The molecule has 0 saturated carbocycles. The first-order chi connectivity index (χ1) is 11.3. The number of unbranched alkanes of at least 4 members (excludes halogenated alkanes) is 1. The van der Waals surface area contributed by atoms with Gasteiger partial charge in [0.2, 0.25) is 6.79 Å². The van der Waals surface area contributed by atoms with Crippen molar-refractivity contribution in [2.45, 2.75) is 19.8 Å². The number of benzene rings is 1. The molecule has 1 aromatic heterocycles. The van der Waals surface area contributed by atoms with E-state index >= 15 is 0 Å². The number of anilines is 2. The molecule has 23 heavy (non-hydrogen) atoms. The Hall–Kier alpha value is -2.76. The summed E-state index contributed by atoms with van der Waals surface area (Å²) in [5, 5.41) is 6.05. The van der Waals surface area contributed by atoms with Gasteiger partial charge in [-0.1, -0.05) is 13.3 Å². The zero-order chi connectivity index (χ0) is 16.1. The number of nitrogens with one attached hydrogen (secondary N) is 2. The van der Waals surface area contributed by atoms with Crippen LogP contribution in [0.4, 0.5) is 11.5 Å². The molecule has 1 aliphatic rings. The second-order valence-electron chi connectivity index (χ2n) is 5.23. The van der Waals surface area contributed by atoms with Gasteiger partial charge in [0.25, 0.3) is 5.91 Å². The molecule has 0 spiro atoms. The summed E-state index contributed by atoms with van der Waals surface area (Å²) in [4.78, 5) is 16.5. The van der Waals surface area contributed by atoms with E-state index in [1.807, 2.05) is 12.1 Å². The lowest BCUT2D eigenvalue weighted by Gasteiger charge is -2.08. The van der Waals surface area contributed by atoms with Gasteiger partial charge in [-0.25, -0.2) is 4.98 Å². The summed E-state index contributed by atoms with van der Waals surface area (Å²) in [5.74, 6) is 1.84. The molecule has 0 atom stereocenters. The largest absolute Gasteiger partial charge is 0.454 e. The number of carbonyl (C=O) groups is 1. The molecule has 2 aromatic rings. The minimum atomic E-state index is -0.211. The second-order valence-corrected chi connectivity index (χ2v) is 5.23. The number of aromatic nitrogens is 1. The minimum absolute atomic E-state index is 0.191. The molecular formula is C17H19N3O3. The Morgan fingerprint density at radius 3 is 2.87 bits per heavy atom. The molecule has 0 unspecified atom stereocenters. The molecule has 6 nitrogen and oxygen atoms in total. The normalized spacial score (nSPS) is 12.0. The Morgan fingerprint density at radius 2 is 2.09 bits per heavy atom. The quantitative estimate of drug-likeness (QED) is 0.801. The molecule has 0 aliphatic carbocycles. The summed E-state index contributed by atoms with van der Waals surface area (Å²) < 4.78 is 10.5.